The van der Waals surface area contributed by atoms with Gasteiger partial charge in [-0.25, -0.2) is 0 Å². The number of hydrogen-bond acceptors (Lipinski definition) is 2. The van der Waals surface area contributed by atoms with Crippen LogP contribution >= 0.6 is 15.9 Å². The summed E-state index contributed by atoms with van der Waals surface area (Å²) >= 11 is 3.36. The van der Waals surface area contributed by atoms with Gasteiger partial charge in [0, 0.05) is 11.5 Å². The summed E-state index contributed by atoms with van der Waals surface area (Å²) in [6.07, 6.45) is 0. The molecule has 17 heavy (non-hydrogen) atoms. The van der Waals surface area contributed by atoms with Gasteiger partial charge in [-0.1, -0.05) is 12.1 Å². The second-order valence-electron chi connectivity index (χ2n) is 3.75. The largest absolute Gasteiger partial charge is 0.357 e. The van der Waals surface area contributed by atoms with Gasteiger partial charge in [-0.05, 0) is 41.4 Å². The lowest BCUT2D eigenvalue weighted by Gasteiger charge is -2.13. The number of amides is 2. The van der Waals surface area contributed by atoms with E-state index < -0.39 is 6.04 Å². The normalized spacial score (nSPS) is 11.8. The summed E-state index contributed by atoms with van der Waals surface area (Å²) in [6, 6.07) is 4.87. The van der Waals surface area contributed by atoms with E-state index in [1.54, 1.807) is 19.1 Å². The fourth-order valence-corrected chi connectivity index (χ4v) is 1.82. The molecule has 0 aliphatic heterocycles. The first kappa shape index (κ1) is 13.7. The Balaban J connectivity index is 2.84. The Bertz CT molecular complexity index is 446. The molecule has 1 atom stereocenters. The first-order valence-electron chi connectivity index (χ1n) is 5.25. The minimum absolute atomic E-state index is 0.220. The van der Waals surface area contributed by atoms with Gasteiger partial charge in [-0.15, -0.1) is 0 Å². The number of aryl methyl sites for hydroxylation is 1. The molecule has 4 nitrogen and oxygen atoms in total. The van der Waals surface area contributed by atoms with Crippen molar-refractivity contribution in [3.8, 4) is 0 Å². The molecule has 0 saturated carbocycles. The highest BCUT2D eigenvalue weighted by Gasteiger charge is 2.17. The lowest BCUT2D eigenvalue weighted by Crippen LogP contribution is -2.43. The summed E-state index contributed by atoms with van der Waals surface area (Å²) in [5.41, 5.74) is 1.51. The minimum atomic E-state index is -0.556. The van der Waals surface area contributed by atoms with Crippen molar-refractivity contribution in [3.05, 3.63) is 33.8 Å². The Morgan fingerprint density at radius 1 is 1.35 bits per heavy atom. The van der Waals surface area contributed by atoms with Crippen molar-refractivity contribution < 1.29 is 9.59 Å². The monoisotopic (exact) mass is 298 g/mol. The Labute approximate surface area is 109 Å². The number of halogens is 1. The summed E-state index contributed by atoms with van der Waals surface area (Å²) in [4.78, 5) is 23.2. The van der Waals surface area contributed by atoms with Crippen LogP contribution in [0, 0.1) is 6.92 Å². The van der Waals surface area contributed by atoms with Gasteiger partial charge >= 0.3 is 0 Å². The summed E-state index contributed by atoms with van der Waals surface area (Å²) in [6.45, 7) is 3.55. The molecule has 0 radical (unpaired) electrons. The zero-order chi connectivity index (χ0) is 13.0. The molecule has 0 aromatic heterocycles. The highest BCUT2D eigenvalue weighted by atomic mass is 79.9. The fourth-order valence-electron chi connectivity index (χ4n) is 1.38. The quantitative estimate of drug-likeness (QED) is 0.891. The lowest BCUT2D eigenvalue weighted by atomic mass is 10.1. The third kappa shape index (κ3) is 3.30. The van der Waals surface area contributed by atoms with Crippen molar-refractivity contribution in [2.75, 3.05) is 7.05 Å². The van der Waals surface area contributed by atoms with E-state index in [4.69, 9.17) is 0 Å². The highest BCUT2D eigenvalue weighted by molar-refractivity contribution is 9.10. The maximum absolute atomic E-state index is 11.9. The molecule has 0 fully saturated rings. The van der Waals surface area contributed by atoms with Crippen LogP contribution in [0.2, 0.25) is 0 Å². The predicted octanol–water partition coefficient (Wildman–Crippen LogP) is 1.62. The topological polar surface area (TPSA) is 58.2 Å². The van der Waals surface area contributed by atoms with Gasteiger partial charge in [0.1, 0.15) is 6.04 Å². The third-order valence-electron chi connectivity index (χ3n) is 2.42. The van der Waals surface area contributed by atoms with Crippen molar-refractivity contribution in [2.45, 2.75) is 19.9 Å². The average Bonchev–Trinajstić information content (AvgIpc) is 2.31. The number of nitrogens with one attached hydrogen (secondary N) is 2. The Morgan fingerprint density at radius 3 is 2.59 bits per heavy atom. The number of carbonyl (C=O) groups is 2. The van der Waals surface area contributed by atoms with Gasteiger partial charge in [0.05, 0.1) is 5.56 Å². The summed E-state index contributed by atoms with van der Waals surface area (Å²) in [5, 5.41) is 5.12. The molecular weight excluding hydrogens is 284 g/mol. The van der Waals surface area contributed by atoms with Gasteiger partial charge in [0.2, 0.25) is 5.91 Å². The molecule has 0 aliphatic rings. The molecule has 0 bridgehead atoms. The van der Waals surface area contributed by atoms with Gasteiger partial charge in [-0.3, -0.25) is 9.59 Å². The number of carbonyl (C=O) groups excluding carboxylic acids is 2. The smallest absolute Gasteiger partial charge is 0.253 e. The third-order valence-corrected chi connectivity index (χ3v) is 3.48. The van der Waals surface area contributed by atoms with Gasteiger partial charge in [-0.2, -0.15) is 0 Å². The van der Waals surface area contributed by atoms with E-state index in [1.165, 1.54) is 7.05 Å². The van der Waals surface area contributed by atoms with Crippen LogP contribution in [0.25, 0.3) is 0 Å². The van der Waals surface area contributed by atoms with Crippen LogP contribution in [-0.2, 0) is 4.79 Å². The van der Waals surface area contributed by atoms with Crippen LogP contribution in [0.3, 0.4) is 0 Å². The molecule has 2 amide bonds. The zero-order valence-electron chi connectivity index (χ0n) is 10.0. The van der Waals surface area contributed by atoms with Crippen LogP contribution in [0.15, 0.2) is 22.7 Å². The average molecular weight is 299 g/mol. The fraction of sp³-hybridized carbons (Fsp3) is 0.333. The number of benzene rings is 1. The highest BCUT2D eigenvalue weighted by Crippen LogP contribution is 2.20. The van der Waals surface area contributed by atoms with Gasteiger partial charge in [0.25, 0.3) is 5.91 Å². The predicted molar refractivity (Wildman–Crippen MR) is 69.9 cm³/mol. The van der Waals surface area contributed by atoms with Crippen LogP contribution in [0.5, 0.6) is 0 Å². The summed E-state index contributed by atoms with van der Waals surface area (Å²) < 4.78 is 0.751. The molecule has 0 aliphatic carbocycles. The van der Waals surface area contributed by atoms with Crippen molar-refractivity contribution >= 4 is 27.7 Å². The Hall–Kier alpha value is -1.36. The van der Waals surface area contributed by atoms with E-state index in [9.17, 15) is 9.59 Å². The lowest BCUT2D eigenvalue weighted by molar-refractivity contribution is -0.122. The molecule has 1 unspecified atom stereocenters. The van der Waals surface area contributed by atoms with E-state index in [0.717, 1.165) is 10.0 Å². The van der Waals surface area contributed by atoms with E-state index in [-0.39, 0.29) is 11.8 Å². The van der Waals surface area contributed by atoms with E-state index >= 15 is 0 Å². The molecule has 1 aromatic rings. The first-order chi connectivity index (χ1) is 7.97. The Morgan fingerprint density at radius 2 is 2.00 bits per heavy atom. The minimum Gasteiger partial charge on any atom is -0.357 e. The SMILES string of the molecule is CNC(=O)C(C)NC(=O)c1cccc(C)c1Br. The maximum atomic E-state index is 11.9. The molecule has 5 heteroatoms. The van der Waals surface area contributed by atoms with Crippen LogP contribution in [0.1, 0.15) is 22.8 Å². The summed E-state index contributed by atoms with van der Waals surface area (Å²) in [5.74, 6) is -0.487. The number of hydrogen-bond donors (Lipinski definition) is 2. The van der Waals surface area contributed by atoms with Crippen molar-refractivity contribution in [1.29, 1.82) is 0 Å². The molecule has 0 spiro atoms. The standard InChI is InChI=1S/C12H15BrN2O2/c1-7-5-4-6-9(10(7)13)12(17)15-8(2)11(16)14-3/h4-6,8H,1-3H3,(H,14,16)(H,15,17). The number of likely N-dealkylation sites (N-methyl/N-ethyl adjacent to an activating group) is 1. The van der Waals surface area contributed by atoms with Crippen LogP contribution in [0.4, 0.5) is 0 Å². The summed E-state index contributed by atoms with van der Waals surface area (Å²) in [7, 11) is 1.54. The zero-order valence-corrected chi connectivity index (χ0v) is 11.6. The van der Waals surface area contributed by atoms with Crippen LogP contribution < -0.4 is 10.6 Å². The van der Waals surface area contributed by atoms with Gasteiger partial charge in [0.15, 0.2) is 0 Å². The van der Waals surface area contributed by atoms with Crippen molar-refractivity contribution in [1.82, 2.24) is 10.6 Å². The molecule has 1 rings (SSSR count). The molecular formula is C12H15BrN2O2. The van der Waals surface area contributed by atoms with Crippen molar-refractivity contribution in [2.24, 2.45) is 0 Å². The second kappa shape index (κ2) is 5.82. The second-order valence-corrected chi connectivity index (χ2v) is 4.54. The number of rotatable bonds is 3. The van der Waals surface area contributed by atoms with Crippen molar-refractivity contribution in [3.63, 3.8) is 0 Å². The first-order valence-corrected chi connectivity index (χ1v) is 6.04. The molecule has 0 heterocycles. The van der Waals surface area contributed by atoms with E-state index in [0.29, 0.717) is 5.56 Å². The molecule has 2 N–H and O–H groups in total. The van der Waals surface area contributed by atoms with Gasteiger partial charge < -0.3 is 10.6 Å². The van der Waals surface area contributed by atoms with E-state index in [1.807, 2.05) is 13.0 Å². The molecule has 0 saturated heterocycles. The maximum Gasteiger partial charge on any atom is 0.253 e. The molecule has 92 valence electrons. The van der Waals surface area contributed by atoms with E-state index in [2.05, 4.69) is 26.6 Å². The Kier molecular flexibility index (Phi) is 4.69. The van der Waals surface area contributed by atoms with Crippen LogP contribution in [-0.4, -0.2) is 24.9 Å². The molecule has 1 aromatic carbocycles.